The molecule has 2 aromatic rings. The zero-order valence-corrected chi connectivity index (χ0v) is 15.9. The van der Waals surface area contributed by atoms with Crippen LogP contribution in [0, 0.1) is 32.6 Å². The van der Waals surface area contributed by atoms with E-state index in [-0.39, 0.29) is 0 Å². The summed E-state index contributed by atoms with van der Waals surface area (Å²) in [7, 11) is 0. The number of aromatic nitrogens is 3. The van der Waals surface area contributed by atoms with Crippen LogP contribution in [-0.2, 0) is 4.79 Å². The van der Waals surface area contributed by atoms with Crippen LogP contribution in [0.4, 0.5) is 5.82 Å². The average Bonchev–Trinajstić information content (AvgIpc) is 2.90. The molecule has 26 heavy (non-hydrogen) atoms. The van der Waals surface area contributed by atoms with E-state index >= 15 is 0 Å². The van der Waals surface area contributed by atoms with Gasteiger partial charge in [0.1, 0.15) is 5.82 Å². The van der Waals surface area contributed by atoms with Crippen molar-refractivity contribution in [1.29, 1.82) is 0 Å². The SMILES string of the molecule is Cc1cc(N2CC3CC(C2)[C@@H]2CCCC(=O)N2C3)n2nc(C)c(C)c2n1. The van der Waals surface area contributed by atoms with Crippen molar-refractivity contribution in [1.82, 2.24) is 19.5 Å². The smallest absolute Gasteiger partial charge is 0.222 e. The lowest BCUT2D eigenvalue weighted by Gasteiger charge is -2.52. The zero-order chi connectivity index (χ0) is 18.0. The van der Waals surface area contributed by atoms with Crippen LogP contribution in [0.1, 0.15) is 42.6 Å². The molecule has 2 unspecified atom stereocenters. The molecule has 3 fully saturated rings. The van der Waals surface area contributed by atoms with Crippen molar-refractivity contribution in [2.75, 3.05) is 24.5 Å². The van der Waals surface area contributed by atoms with E-state index in [2.05, 4.69) is 36.6 Å². The first-order chi connectivity index (χ1) is 12.5. The summed E-state index contributed by atoms with van der Waals surface area (Å²) in [6.45, 7) is 9.17. The van der Waals surface area contributed by atoms with E-state index in [1.165, 1.54) is 12.8 Å². The van der Waals surface area contributed by atoms with Gasteiger partial charge in [0.15, 0.2) is 5.65 Å². The number of piperidine rings is 3. The second-order valence-electron chi connectivity index (χ2n) is 8.47. The molecule has 0 spiro atoms. The lowest BCUT2D eigenvalue weighted by atomic mass is 9.76. The first-order valence-corrected chi connectivity index (χ1v) is 9.89. The van der Waals surface area contributed by atoms with E-state index in [4.69, 9.17) is 10.1 Å². The van der Waals surface area contributed by atoms with Crippen molar-refractivity contribution >= 4 is 17.4 Å². The van der Waals surface area contributed by atoms with Gasteiger partial charge in [0.05, 0.1) is 5.69 Å². The molecule has 1 amide bonds. The summed E-state index contributed by atoms with van der Waals surface area (Å²) in [5.74, 6) is 2.68. The van der Waals surface area contributed by atoms with Crippen molar-refractivity contribution < 1.29 is 4.79 Å². The lowest BCUT2D eigenvalue weighted by Crippen LogP contribution is -2.60. The minimum Gasteiger partial charge on any atom is -0.356 e. The zero-order valence-electron chi connectivity index (χ0n) is 15.9. The Morgan fingerprint density at radius 1 is 1.15 bits per heavy atom. The number of amides is 1. The summed E-state index contributed by atoms with van der Waals surface area (Å²) in [6, 6.07) is 2.61. The molecule has 5 heterocycles. The number of rotatable bonds is 1. The largest absolute Gasteiger partial charge is 0.356 e. The molecule has 3 aliphatic heterocycles. The molecule has 5 rings (SSSR count). The van der Waals surface area contributed by atoms with Crippen molar-refractivity contribution in [3.63, 3.8) is 0 Å². The van der Waals surface area contributed by atoms with E-state index in [0.29, 0.717) is 23.8 Å². The van der Waals surface area contributed by atoms with Gasteiger partial charge < -0.3 is 9.80 Å². The van der Waals surface area contributed by atoms with Crippen LogP contribution < -0.4 is 4.90 Å². The van der Waals surface area contributed by atoms with Crippen molar-refractivity contribution in [3.8, 4) is 0 Å². The third-order valence-electron chi connectivity index (χ3n) is 6.67. The number of aryl methyl sites for hydroxylation is 3. The normalized spacial score (nSPS) is 28.6. The number of nitrogens with zero attached hydrogens (tertiary/aromatic N) is 5. The Morgan fingerprint density at radius 3 is 2.85 bits per heavy atom. The maximum atomic E-state index is 12.4. The topological polar surface area (TPSA) is 53.7 Å². The summed E-state index contributed by atoms with van der Waals surface area (Å²) >= 11 is 0. The summed E-state index contributed by atoms with van der Waals surface area (Å²) in [5, 5.41) is 4.76. The van der Waals surface area contributed by atoms with Gasteiger partial charge in [0, 0.05) is 49.4 Å². The molecule has 3 aliphatic rings. The molecule has 3 saturated heterocycles. The Kier molecular flexibility index (Phi) is 3.52. The van der Waals surface area contributed by atoms with E-state index in [1.807, 2.05) is 4.52 Å². The molecule has 0 aromatic carbocycles. The van der Waals surface area contributed by atoms with E-state index in [0.717, 1.165) is 60.9 Å². The molecule has 0 saturated carbocycles. The fourth-order valence-electron chi connectivity index (χ4n) is 5.35. The maximum absolute atomic E-state index is 12.4. The van der Waals surface area contributed by atoms with E-state index in [1.54, 1.807) is 0 Å². The Morgan fingerprint density at radius 2 is 2.00 bits per heavy atom. The van der Waals surface area contributed by atoms with Crippen LogP contribution in [0.25, 0.3) is 5.65 Å². The Labute approximate surface area is 154 Å². The number of fused-ring (bicyclic) bond motifs is 5. The van der Waals surface area contributed by atoms with E-state index in [9.17, 15) is 4.79 Å². The average molecular weight is 353 g/mol. The molecule has 2 aromatic heterocycles. The fraction of sp³-hybridized carbons (Fsp3) is 0.650. The van der Waals surface area contributed by atoms with Gasteiger partial charge in [-0.1, -0.05) is 0 Å². The van der Waals surface area contributed by atoms with Gasteiger partial charge in [-0.15, -0.1) is 0 Å². The van der Waals surface area contributed by atoms with Crippen LogP contribution in [0.15, 0.2) is 6.07 Å². The first-order valence-electron chi connectivity index (χ1n) is 9.89. The number of carbonyl (C=O) groups is 1. The highest BCUT2D eigenvalue weighted by atomic mass is 16.2. The standard InChI is InChI=1S/C20H27N5O/c1-12-7-18(25-20(21-12)13(2)14(3)22-25)23-9-15-8-16(11-23)17-5-4-6-19(26)24(17)10-15/h7,15-17H,4-6,8-11H2,1-3H3/t15?,16?,17-/m0/s1. The molecule has 3 atom stereocenters. The fourth-order valence-corrected chi connectivity index (χ4v) is 5.35. The number of anilines is 1. The molecule has 0 radical (unpaired) electrons. The second-order valence-corrected chi connectivity index (χ2v) is 8.47. The van der Waals surface area contributed by atoms with Gasteiger partial charge in [0.2, 0.25) is 5.91 Å². The number of carbonyl (C=O) groups excluding carboxylic acids is 1. The van der Waals surface area contributed by atoms with Crippen LogP contribution >= 0.6 is 0 Å². The Balaban J connectivity index is 1.52. The Hall–Kier alpha value is -2.11. The molecule has 0 aliphatic carbocycles. The van der Waals surface area contributed by atoms with Gasteiger partial charge in [0.25, 0.3) is 0 Å². The lowest BCUT2D eigenvalue weighted by molar-refractivity contribution is -0.142. The highest BCUT2D eigenvalue weighted by molar-refractivity contribution is 5.77. The highest BCUT2D eigenvalue weighted by Gasteiger charge is 2.44. The van der Waals surface area contributed by atoms with Crippen molar-refractivity contribution in [2.24, 2.45) is 11.8 Å². The van der Waals surface area contributed by atoms with Crippen LogP contribution in [0.2, 0.25) is 0 Å². The minimum atomic E-state index is 0.380. The summed E-state index contributed by atoms with van der Waals surface area (Å²) in [5.41, 5.74) is 4.23. The molecule has 6 heteroatoms. The Bertz CT molecular complexity index is 888. The number of hydrogen-bond donors (Lipinski definition) is 0. The summed E-state index contributed by atoms with van der Waals surface area (Å²) in [4.78, 5) is 21.8. The molecule has 138 valence electrons. The number of hydrogen-bond acceptors (Lipinski definition) is 4. The van der Waals surface area contributed by atoms with Gasteiger partial charge in [-0.25, -0.2) is 4.98 Å². The predicted molar refractivity (Wildman–Crippen MR) is 100 cm³/mol. The van der Waals surface area contributed by atoms with Crippen molar-refractivity contribution in [3.05, 3.63) is 23.0 Å². The first kappa shape index (κ1) is 16.1. The minimum absolute atomic E-state index is 0.380. The molecule has 0 N–H and O–H groups in total. The van der Waals surface area contributed by atoms with E-state index < -0.39 is 0 Å². The molecular weight excluding hydrogens is 326 g/mol. The monoisotopic (exact) mass is 353 g/mol. The van der Waals surface area contributed by atoms with Crippen LogP contribution in [0.5, 0.6) is 0 Å². The van der Waals surface area contributed by atoms with Gasteiger partial charge in [-0.2, -0.15) is 9.61 Å². The third kappa shape index (κ3) is 2.34. The molecule has 6 nitrogen and oxygen atoms in total. The van der Waals surface area contributed by atoms with Crippen LogP contribution in [0.3, 0.4) is 0 Å². The second kappa shape index (κ2) is 5.69. The molecule has 2 bridgehead atoms. The summed E-state index contributed by atoms with van der Waals surface area (Å²) < 4.78 is 2.03. The molecular formula is C20H27N5O. The van der Waals surface area contributed by atoms with Gasteiger partial charge in [-0.05, 0) is 51.9 Å². The van der Waals surface area contributed by atoms with Crippen molar-refractivity contribution in [2.45, 2.75) is 52.5 Å². The highest BCUT2D eigenvalue weighted by Crippen LogP contribution is 2.39. The summed E-state index contributed by atoms with van der Waals surface area (Å²) in [6.07, 6.45) is 4.23. The third-order valence-corrected chi connectivity index (χ3v) is 6.67. The van der Waals surface area contributed by atoms with Crippen LogP contribution in [-0.4, -0.2) is 51.1 Å². The predicted octanol–water partition coefficient (Wildman–Crippen LogP) is 2.49. The van der Waals surface area contributed by atoms with Gasteiger partial charge >= 0.3 is 0 Å². The maximum Gasteiger partial charge on any atom is 0.222 e. The van der Waals surface area contributed by atoms with Gasteiger partial charge in [-0.3, -0.25) is 4.79 Å². The quantitative estimate of drug-likeness (QED) is 0.790.